The zero-order chi connectivity index (χ0) is 12.3. The van der Waals surface area contributed by atoms with E-state index in [1.54, 1.807) is 48.5 Å². The van der Waals surface area contributed by atoms with Gasteiger partial charge in [0.05, 0.1) is 22.0 Å². The fourth-order valence-corrected chi connectivity index (χ4v) is 1.67. The van der Waals surface area contributed by atoms with Gasteiger partial charge in [0, 0.05) is 0 Å². The molecule has 0 aliphatic heterocycles. The first-order valence-electron chi connectivity index (χ1n) is 5.09. The fraction of sp³-hybridized carbons (Fsp3) is 0. The van der Waals surface area contributed by atoms with Crippen LogP contribution in [-0.2, 0) is 0 Å². The van der Waals surface area contributed by atoms with Crippen LogP contribution < -0.4 is 11.1 Å². The summed E-state index contributed by atoms with van der Waals surface area (Å²) < 4.78 is 0. The van der Waals surface area contributed by atoms with Crippen LogP contribution in [0.25, 0.3) is 0 Å². The van der Waals surface area contributed by atoms with Crippen LogP contribution in [0.5, 0.6) is 0 Å². The predicted molar refractivity (Wildman–Crippen MR) is 77.5 cm³/mol. The van der Waals surface area contributed by atoms with Gasteiger partial charge < -0.3 is 11.1 Å². The molecule has 2 rings (SSSR count). The van der Waals surface area contributed by atoms with Crippen molar-refractivity contribution in [1.29, 1.82) is 0 Å². The molecule has 0 saturated heterocycles. The number of hydrogen-bond acceptors (Lipinski definition) is 2. The molecule has 1 amide bonds. The minimum atomic E-state index is -0.270. The molecule has 0 spiro atoms. The third kappa shape index (κ3) is 3.15. The number of halogens is 2. The molecule has 0 aromatic heterocycles. The number of nitrogen functional groups attached to an aromatic ring is 1. The van der Waals surface area contributed by atoms with Crippen molar-refractivity contribution >= 4 is 41.3 Å². The van der Waals surface area contributed by atoms with Gasteiger partial charge in [-0.15, -0.1) is 12.4 Å². The molecule has 0 radical (unpaired) electrons. The van der Waals surface area contributed by atoms with E-state index in [-0.39, 0.29) is 18.3 Å². The lowest BCUT2D eigenvalue weighted by atomic mass is 10.2. The molecular formula is C13H12Cl2N2O. The van der Waals surface area contributed by atoms with Crippen molar-refractivity contribution in [2.45, 2.75) is 0 Å². The van der Waals surface area contributed by atoms with Crippen LogP contribution in [0.1, 0.15) is 10.4 Å². The standard InChI is InChI=1S/C13H11ClN2O.ClH/c14-10-6-2-1-5-9(10)13(17)16-12-8-4-3-7-11(12)15;/h1-8H,15H2,(H,16,17);1H. The van der Waals surface area contributed by atoms with E-state index < -0.39 is 0 Å². The Labute approximate surface area is 116 Å². The van der Waals surface area contributed by atoms with Crippen molar-refractivity contribution in [3.05, 3.63) is 59.1 Å². The number of nitrogens with one attached hydrogen (secondary N) is 1. The number of amides is 1. The second-order valence-electron chi connectivity index (χ2n) is 3.52. The summed E-state index contributed by atoms with van der Waals surface area (Å²) in [6, 6.07) is 13.9. The molecule has 5 heteroatoms. The quantitative estimate of drug-likeness (QED) is 0.827. The first kappa shape index (κ1) is 14.4. The second kappa shape index (κ2) is 6.28. The molecule has 3 nitrogen and oxygen atoms in total. The molecule has 0 fully saturated rings. The Bertz CT molecular complexity index is 558. The molecule has 18 heavy (non-hydrogen) atoms. The molecule has 2 aromatic rings. The van der Waals surface area contributed by atoms with Gasteiger partial charge in [0.2, 0.25) is 0 Å². The zero-order valence-electron chi connectivity index (χ0n) is 9.39. The van der Waals surface area contributed by atoms with E-state index in [2.05, 4.69) is 5.32 Å². The van der Waals surface area contributed by atoms with Crippen molar-refractivity contribution in [2.75, 3.05) is 11.1 Å². The Morgan fingerprint density at radius 3 is 2.33 bits per heavy atom. The van der Waals surface area contributed by atoms with Crippen molar-refractivity contribution < 1.29 is 4.79 Å². The number of carbonyl (C=O) groups is 1. The fourth-order valence-electron chi connectivity index (χ4n) is 1.45. The zero-order valence-corrected chi connectivity index (χ0v) is 11.0. The van der Waals surface area contributed by atoms with Gasteiger partial charge in [0.15, 0.2) is 0 Å². The summed E-state index contributed by atoms with van der Waals surface area (Å²) in [5, 5.41) is 3.14. The summed E-state index contributed by atoms with van der Waals surface area (Å²) in [5.41, 5.74) is 7.27. The molecule has 0 aliphatic rings. The minimum absolute atomic E-state index is 0. The highest BCUT2D eigenvalue weighted by molar-refractivity contribution is 6.34. The van der Waals surface area contributed by atoms with E-state index in [1.165, 1.54) is 0 Å². The van der Waals surface area contributed by atoms with E-state index in [9.17, 15) is 4.79 Å². The lowest BCUT2D eigenvalue weighted by Crippen LogP contribution is -2.13. The highest BCUT2D eigenvalue weighted by atomic mass is 35.5. The lowest BCUT2D eigenvalue weighted by Gasteiger charge is -2.08. The van der Waals surface area contributed by atoms with E-state index in [1.807, 2.05) is 0 Å². The average molecular weight is 283 g/mol. The van der Waals surface area contributed by atoms with Crippen molar-refractivity contribution in [1.82, 2.24) is 0 Å². The largest absolute Gasteiger partial charge is 0.397 e. The first-order chi connectivity index (χ1) is 8.18. The Morgan fingerprint density at radius 1 is 1.06 bits per heavy atom. The van der Waals surface area contributed by atoms with E-state index in [4.69, 9.17) is 17.3 Å². The average Bonchev–Trinajstić information content (AvgIpc) is 2.32. The van der Waals surface area contributed by atoms with E-state index >= 15 is 0 Å². The topological polar surface area (TPSA) is 55.1 Å². The van der Waals surface area contributed by atoms with Gasteiger partial charge in [-0.3, -0.25) is 4.79 Å². The van der Waals surface area contributed by atoms with E-state index in [0.717, 1.165) is 0 Å². The molecule has 0 heterocycles. The summed E-state index contributed by atoms with van der Waals surface area (Å²) in [6.45, 7) is 0. The summed E-state index contributed by atoms with van der Waals surface area (Å²) in [5.74, 6) is -0.270. The van der Waals surface area contributed by atoms with Crippen LogP contribution >= 0.6 is 24.0 Å². The van der Waals surface area contributed by atoms with Gasteiger partial charge in [-0.1, -0.05) is 35.9 Å². The van der Waals surface area contributed by atoms with Crippen molar-refractivity contribution in [3.8, 4) is 0 Å². The molecule has 0 unspecified atom stereocenters. The number of anilines is 2. The van der Waals surface area contributed by atoms with Crippen LogP contribution in [-0.4, -0.2) is 5.91 Å². The van der Waals surface area contributed by atoms with Gasteiger partial charge >= 0.3 is 0 Å². The van der Waals surface area contributed by atoms with Crippen LogP contribution in [0.4, 0.5) is 11.4 Å². The Hall–Kier alpha value is -1.71. The number of nitrogens with two attached hydrogens (primary N) is 1. The third-order valence-electron chi connectivity index (χ3n) is 2.33. The van der Waals surface area contributed by atoms with Gasteiger partial charge in [-0.05, 0) is 24.3 Å². The number of rotatable bonds is 2. The van der Waals surface area contributed by atoms with Gasteiger partial charge in [0.1, 0.15) is 0 Å². The highest BCUT2D eigenvalue weighted by Gasteiger charge is 2.10. The Kier molecular flexibility index (Phi) is 5.01. The maximum Gasteiger partial charge on any atom is 0.257 e. The summed E-state index contributed by atoms with van der Waals surface area (Å²) in [6.07, 6.45) is 0. The summed E-state index contributed by atoms with van der Waals surface area (Å²) in [4.78, 5) is 11.9. The normalized spacial score (nSPS) is 9.39. The molecule has 94 valence electrons. The predicted octanol–water partition coefficient (Wildman–Crippen LogP) is 3.60. The van der Waals surface area contributed by atoms with Gasteiger partial charge in [-0.2, -0.15) is 0 Å². The highest BCUT2D eigenvalue weighted by Crippen LogP contribution is 2.20. The summed E-state index contributed by atoms with van der Waals surface area (Å²) in [7, 11) is 0. The number of carbonyl (C=O) groups excluding carboxylic acids is 1. The smallest absolute Gasteiger partial charge is 0.257 e. The first-order valence-corrected chi connectivity index (χ1v) is 5.46. The maximum absolute atomic E-state index is 11.9. The Balaban J connectivity index is 0.00000162. The van der Waals surface area contributed by atoms with Crippen LogP contribution in [0.2, 0.25) is 5.02 Å². The molecule has 0 aliphatic carbocycles. The number of hydrogen-bond donors (Lipinski definition) is 2. The molecule has 0 saturated carbocycles. The monoisotopic (exact) mass is 282 g/mol. The van der Waals surface area contributed by atoms with E-state index in [0.29, 0.717) is 22.0 Å². The number of benzene rings is 2. The van der Waals surface area contributed by atoms with Crippen LogP contribution in [0.3, 0.4) is 0 Å². The van der Waals surface area contributed by atoms with Crippen LogP contribution in [0, 0.1) is 0 Å². The molecule has 0 bridgehead atoms. The lowest BCUT2D eigenvalue weighted by molar-refractivity contribution is 0.102. The molecule has 0 atom stereocenters. The summed E-state index contributed by atoms with van der Waals surface area (Å²) >= 11 is 5.93. The Morgan fingerprint density at radius 2 is 1.67 bits per heavy atom. The third-order valence-corrected chi connectivity index (χ3v) is 2.66. The van der Waals surface area contributed by atoms with Gasteiger partial charge in [0.25, 0.3) is 5.91 Å². The molecular weight excluding hydrogens is 271 g/mol. The maximum atomic E-state index is 11.9. The van der Waals surface area contributed by atoms with Crippen molar-refractivity contribution in [3.63, 3.8) is 0 Å². The van der Waals surface area contributed by atoms with Crippen molar-refractivity contribution in [2.24, 2.45) is 0 Å². The SMILES string of the molecule is Cl.Nc1ccccc1NC(=O)c1ccccc1Cl. The second-order valence-corrected chi connectivity index (χ2v) is 3.93. The number of para-hydroxylation sites is 2. The minimum Gasteiger partial charge on any atom is -0.397 e. The van der Waals surface area contributed by atoms with Crippen LogP contribution in [0.15, 0.2) is 48.5 Å². The molecule has 3 N–H and O–H groups in total. The molecule has 2 aromatic carbocycles. The van der Waals surface area contributed by atoms with Gasteiger partial charge in [-0.25, -0.2) is 0 Å².